The highest BCUT2D eigenvalue weighted by molar-refractivity contribution is 5.16. The predicted octanol–water partition coefficient (Wildman–Crippen LogP) is 1.42. The summed E-state index contributed by atoms with van der Waals surface area (Å²) in [6, 6.07) is 0.440. The molecule has 90 valence electrons. The van der Waals surface area contributed by atoms with Gasteiger partial charge in [-0.25, -0.2) is 0 Å². The molecule has 2 rings (SSSR count). The third-order valence-corrected chi connectivity index (χ3v) is 3.35. The Bertz CT molecular complexity index is 359. The Balaban J connectivity index is 2.07. The van der Waals surface area contributed by atoms with E-state index in [4.69, 9.17) is 4.74 Å². The zero-order chi connectivity index (χ0) is 11.8. The summed E-state index contributed by atoms with van der Waals surface area (Å²) in [5.41, 5.74) is 1.16. The van der Waals surface area contributed by atoms with E-state index in [2.05, 4.69) is 37.4 Å². The molecule has 1 aliphatic heterocycles. The minimum Gasteiger partial charge on any atom is -0.377 e. The minimum absolute atomic E-state index is 0.0547. The Morgan fingerprint density at radius 3 is 2.81 bits per heavy atom. The molecule has 1 N–H and O–H groups in total. The van der Waals surface area contributed by atoms with Gasteiger partial charge in [-0.15, -0.1) is 0 Å². The Kier molecular flexibility index (Phi) is 3.04. The van der Waals surface area contributed by atoms with E-state index >= 15 is 0 Å². The molecule has 2 atom stereocenters. The molecule has 0 aromatic carbocycles. The molecule has 0 aliphatic carbocycles. The third-order valence-electron chi connectivity index (χ3n) is 3.35. The molecule has 1 saturated heterocycles. The van der Waals surface area contributed by atoms with Crippen LogP contribution in [-0.4, -0.2) is 28.5 Å². The lowest BCUT2D eigenvalue weighted by atomic mass is 9.95. The van der Waals surface area contributed by atoms with Crippen molar-refractivity contribution in [3.8, 4) is 0 Å². The number of aryl methyl sites for hydroxylation is 1. The summed E-state index contributed by atoms with van der Waals surface area (Å²) in [4.78, 5) is 0. The van der Waals surface area contributed by atoms with Gasteiger partial charge in [-0.05, 0) is 27.2 Å². The van der Waals surface area contributed by atoms with Crippen LogP contribution in [0.2, 0.25) is 0 Å². The van der Waals surface area contributed by atoms with Gasteiger partial charge in [-0.2, -0.15) is 5.10 Å². The molecular formula is C12H21N3O. The van der Waals surface area contributed by atoms with Crippen LogP contribution in [0.15, 0.2) is 12.4 Å². The van der Waals surface area contributed by atoms with E-state index in [0.29, 0.717) is 12.1 Å². The first kappa shape index (κ1) is 11.6. The van der Waals surface area contributed by atoms with Gasteiger partial charge in [0.05, 0.1) is 12.3 Å². The Morgan fingerprint density at radius 1 is 1.56 bits per heavy atom. The minimum atomic E-state index is -0.0547. The Morgan fingerprint density at radius 2 is 2.31 bits per heavy atom. The Labute approximate surface area is 97.0 Å². The van der Waals surface area contributed by atoms with E-state index in [0.717, 1.165) is 13.0 Å². The fourth-order valence-electron chi connectivity index (χ4n) is 2.21. The summed E-state index contributed by atoms with van der Waals surface area (Å²) in [6.45, 7) is 7.37. The third kappa shape index (κ3) is 2.28. The second kappa shape index (κ2) is 4.18. The monoisotopic (exact) mass is 223 g/mol. The SMILES string of the molecule is CC1OCCC1NC(C)(C)c1cnn(C)c1. The van der Waals surface area contributed by atoms with Crippen molar-refractivity contribution in [3.63, 3.8) is 0 Å². The fourth-order valence-corrected chi connectivity index (χ4v) is 2.21. The smallest absolute Gasteiger partial charge is 0.0701 e. The summed E-state index contributed by atoms with van der Waals surface area (Å²) in [6.07, 6.45) is 5.38. The summed E-state index contributed by atoms with van der Waals surface area (Å²) in [7, 11) is 1.95. The lowest BCUT2D eigenvalue weighted by Gasteiger charge is -2.30. The first-order valence-electron chi connectivity index (χ1n) is 5.87. The molecule has 0 amide bonds. The first-order valence-corrected chi connectivity index (χ1v) is 5.87. The number of hydrogen-bond donors (Lipinski definition) is 1. The van der Waals surface area contributed by atoms with Crippen molar-refractivity contribution in [1.82, 2.24) is 15.1 Å². The molecule has 2 heterocycles. The predicted molar refractivity (Wildman–Crippen MR) is 63.2 cm³/mol. The highest BCUT2D eigenvalue weighted by Crippen LogP contribution is 2.23. The van der Waals surface area contributed by atoms with Crippen LogP contribution in [0.4, 0.5) is 0 Å². The van der Waals surface area contributed by atoms with Crippen molar-refractivity contribution >= 4 is 0 Å². The molecule has 0 spiro atoms. The average Bonchev–Trinajstić information content (AvgIpc) is 2.77. The fraction of sp³-hybridized carbons (Fsp3) is 0.750. The van der Waals surface area contributed by atoms with E-state index in [1.807, 2.05) is 17.9 Å². The molecule has 16 heavy (non-hydrogen) atoms. The normalized spacial score (nSPS) is 26.2. The van der Waals surface area contributed by atoms with Gasteiger partial charge < -0.3 is 10.1 Å². The van der Waals surface area contributed by atoms with Crippen LogP contribution < -0.4 is 5.32 Å². The number of nitrogens with zero attached hydrogens (tertiary/aromatic N) is 2. The van der Waals surface area contributed by atoms with Crippen LogP contribution in [0.1, 0.15) is 32.8 Å². The molecular weight excluding hydrogens is 202 g/mol. The molecule has 1 aromatic rings. The zero-order valence-corrected chi connectivity index (χ0v) is 10.5. The van der Waals surface area contributed by atoms with Crippen molar-refractivity contribution in [2.45, 2.75) is 44.9 Å². The summed E-state index contributed by atoms with van der Waals surface area (Å²) < 4.78 is 7.41. The molecule has 0 bridgehead atoms. The largest absolute Gasteiger partial charge is 0.377 e. The highest BCUT2D eigenvalue weighted by Gasteiger charge is 2.31. The number of nitrogens with one attached hydrogen (secondary N) is 1. The van der Waals surface area contributed by atoms with Crippen molar-refractivity contribution in [3.05, 3.63) is 18.0 Å². The molecule has 2 unspecified atom stereocenters. The van der Waals surface area contributed by atoms with Gasteiger partial charge in [0.2, 0.25) is 0 Å². The highest BCUT2D eigenvalue weighted by atomic mass is 16.5. The van der Waals surface area contributed by atoms with Crippen LogP contribution in [0.3, 0.4) is 0 Å². The number of hydrogen-bond acceptors (Lipinski definition) is 3. The number of ether oxygens (including phenoxy) is 1. The maximum absolute atomic E-state index is 5.57. The second-order valence-electron chi connectivity index (χ2n) is 5.14. The van der Waals surface area contributed by atoms with E-state index in [-0.39, 0.29) is 5.54 Å². The van der Waals surface area contributed by atoms with E-state index < -0.39 is 0 Å². The van der Waals surface area contributed by atoms with Crippen molar-refractivity contribution in [2.24, 2.45) is 7.05 Å². The van der Waals surface area contributed by atoms with Crippen molar-refractivity contribution in [1.29, 1.82) is 0 Å². The molecule has 0 radical (unpaired) electrons. The Hall–Kier alpha value is -0.870. The van der Waals surface area contributed by atoms with Gasteiger partial charge in [0.1, 0.15) is 0 Å². The topological polar surface area (TPSA) is 39.1 Å². The molecule has 1 aliphatic rings. The number of rotatable bonds is 3. The first-order chi connectivity index (χ1) is 7.49. The van der Waals surface area contributed by atoms with Gasteiger partial charge in [0.25, 0.3) is 0 Å². The van der Waals surface area contributed by atoms with Crippen LogP contribution in [-0.2, 0) is 17.3 Å². The molecule has 4 nitrogen and oxygen atoms in total. The maximum atomic E-state index is 5.57. The van der Waals surface area contributed by atoms with Gasteiger partial charge in [-0.1, -0.05) is 0 Å². The molecule has 0 saturated carbocycles. The van der Waals surface area contributed by atoms with Gasteiger partial charge in [0, 0.05) is 37.0 Å². The van der Waals surface area contributed by atoms with Gasteiger partial charge >= 0.3 is 0 Å². The van der Waals surface area contributed by atoms with E-state index in [1.54, 1.807) is 0 Å². The van der Waals surface area contributed by atoms with Crippen LogP contribution >= 0.6 is 0 Å². The summed E-state index contributed by atoms with van der Waals surface area (Å²) in [5, 5.41) is 7.88. The lowest BCUT2D eigenvalue weighted by molar-refractivity contribution is 0.106. The molecule has 1 aromatic heterocycles. The average molecular weight is 223 g/mol. The summed E-state index contributed by atoms with van der Waals surface area (Å²) in [5.74, 6) is 0. The van der Waals surface area contributed by atoms with E-state index in [9.17, 15) is 0 Å². The lowest BCUT2D eigenvalue weighted by Crippen LogP contribution is -2.46. The van der Waals surface area contributed by atoms with Crippen LogP contribution in [0.5, 0.6) is 0 Å². The van der Waals surface area contributed by atoms with Crippen LogP contribution in [0.25, 0.3) is 0 Å². The van der Waals surface area contributed by atoms with Gasteiger partial charge in [0.15, 0.2) is 0 Å². The van der Waals surface area contributed by atoms with Crippen molar-refractivity contribution in [2.75, 3.05) is 6.61 Å². The van der Waals surface area contributed by atoms with E-state index in [1.165, 1.54) is 5.56 Å². The maximum Gasteiger partial charge on any atom is 0.0701 e. The van der Waals surface area contributed by atoms with Crippen LogP contribution in [0, 0.1) is 0 Å². The summed E-state index contributed by atoms with van der Waals surface area (Å²) >= 11 is 0. The number of aromatic nitrogens is 2. The van der Waals surface area contributed by atoms with Crippen molar-refractivity contribution < 1.29 is 4.74 Å². The second-order valence-corrected chi connectivity index (χ2v) is 5.14. The standard InChI is InChI=1S/C12H21N3O/c1-9-11(5-6-16-9)14-12(2,3)10-7-13-15(4)8-10/h7-9,11,14H,5-6H2,1-4H3. The molecule has 4 heteroatoms. The molecule has 1 fully saturated rings. The quantitative estimate of drug-likeness (QED) is 0.842. The van der Waals surface area contributed by atoms with Gasteiger partial charge in [-0.3, -0.25) is 4.68 Å². The zero-order valence-electron chi connectivity index (χ0n) is 10.5.